The van der Waals surface area contributed by atoms with Crippen LogP contribution in [0.1, 0.15) is 24.0 Å². The van der Waals surface area contributed by atoms with Crippen molar-refractivity contribution in [3.05, 3.63) is 71.8 Å². The molecule has 2 aromatic rings. The van der Waals surface area contributed by atoms with Crippen molar-refractivity contribution in [3.8, 4) is 0 Å². The Morgan fingerprint density at radius 3 is 2.36 bits per heavy atom. The molecule has 1 heterocycles. The SMILES string of the molecule is Cl.O=C(CN1CCC[C@H](NCCc2ccccc2)C1=O)OCc1ccccc1. The second-order valence-corrected chi connectivity index (χ2v) is 6.79. The van der Waals surface area contributed by atoms with Crippen molar-refractivity contribution < 1.29 is 14.3 Å². The van der Waals surface area contributed by atoms with E-state index in [9.17, 15) is 9.59 Å². The van der Waals surface area contributed by atoms with Gasteiger partial charge < -0.3 is 15.0 Å². The summed E-state index contributed by atoms with van der Waals surface area (Å²) < 4.78 is 5.30. The molecule has 0 aromatic heterocycles. The lowest BCUT2D eigenvalue weighted by molar-refractivity contribution is -0.152. The third kappa shape index (κ3) is 6.66. The van der Waals surface area contributed by atoms with Gasteiger partial charge in [0.1, 0.15) is 13.2 Å². The standard InChI is InChI=1S/C22H26N2O3.ClH/c25-21(27-17-19-10-5-2-6-11-19)16-24-15-7-12-20(22(24)26)23-14-13-18-8-3-1-4-9-18;/h1-6,8-11,20,23H,7,12-17H2;1H/t20-;/m0./s1. The van der Waals surface area contributed by atoms with Crippen LogP contribution in [0.25, 0.3) is 0 Å². The third-order valence-corrected chi connectivity index (χ3v) is 4.74. The maximum Gasteiger partial charge on any atom is 0.325 e. The van der Waals surface area contributed by atoms with E-state index in [0.29, 0.717) is 6.54 Å². The lowest BCUT2D eigenvalue weighted by Gasteiger charge is -2.32. The summed E-state index contributed by atoms with van der Waals surface area (Å²) in [6.07, 6.45) is 2.58. The van der Waals surface area contributed by atoms with Crippen LogP contribution in [0.2, 0.25) is 0 Å². The van der Waals surface area contributed by atoms with Gasteiger partial charge in [-0.15, -0.1) is 12.4 Å². The molecular weight excluding hydrogens is 376 g/mol. The number of hydrogen-bond acceptors (Lipinski definition) is 4. The molecule has 1 amide bonds. The van der Waals surface area contributed by atoms with Gasteiger partial charge >= 0.3 is 5.97 Å². The number of piperidine rings is 1. The number of ether oxygens (including phenoxy) is 1. The number of carbonyl (C=O) groups is 2. The van der Waals surface area contributed by atoms with Crippen LogP contribution < -0.4 is 5.32 Å². The predicted molar refractivity (Wildman–Crippen MR) is 111 cm³/mol. The molecule has 0 aliphatic carbocycles. The number of rotatable bonds is 8. The molecule has 0 spiro atoms. The Kier molecular flexibility index (Phi) is 8.98. The van der Waals surface area contributed by atoms with Crippen LogP contribution in [0.15, 0.2) is 60.7 Å². The molecule has 150 valence electrons. The first kappa shape index (κ1) is 21.9. The number of halogens is 1. The lowest BCUT2D eigenvalue weighted by atomic mass is 10.0. The van der Waals surface area contributed by atoms with Gasteiger partial charge in [0, 0.05) is 6.54 Å². The second-order valence-electron chi connectivity index (χ2n) is 6.79. The van der Waals surface area contributed by atoms with Gasteiger partial charge in [0.05, 0.1) is 6.04 Å². The highest BCUT2D eigenvalue weighted by molar-refractivity contribution is 5.86. The number of amides is 1. The summed E-state index contributed by atoms with van der Waals surface area (Å²) in [5.74, 6) is -0.372. The molecule has 0 unspecified atom stereocenters. The minimum atomic E-state index is -0.364. The van der Waals surface area contributed by atoms with Crippen LogP contribution in [0.4, 0.5) is 0 Å². The summed E-state index contributed by atoms with van der Waals surface area (Å²) in [5, 5.41) is 3.34. The Morgan fingerprint density at radius 1 is 1.04 bits per heavy atom. The Balaban J connectivity index is 0.00000280. The molecule has 6 heteroatoms. The largest absolute Gasteiger partial charge is 0.459 e. The molecule has 1 saturated heterocycles. The van der Waals surface area contributed by atoms with Gasteiger partial charge in [-0.2, -0.15) is 0 Å². The zero-order chi connectivity index (χ0) is 18.9. The number of likely N-dealkylation sites (tertiary alicyclic amines) is 1. The molecule has 1 fully saturated rings. The molecule has 0 bridgehead atoms. The van der Waals surface area contributed by atoms with E-state index in [1.807, 2.05) is 48.5 Å². The average molecular weight is 403 g/mol. The van der Waals surface area contributed by atoms with E-state index in [0.717, 1.165) is 31.4 Å². The van der Waals surface area contributed by atoms with Gasteiger partial charge in [0.15, 0.2) is 0 Å². The molecule has 28 heavy (non-hydrogen) atoms. The van der Waals surface area contributed by atoms with Gasteiger partial charge in [0.2, 0.25) is 5.91 Å². The monoisotopic (exact) mass is 402 g/mol. The Hall–Kier alpha value is -2.37. The van der Waals surface area contributed by atoms with Crippen molar-refractivity contribution in [1.29, 1.82) is 0 Å². The molecular formula is C22H27ClN2O3. The molecule has 1 atom stereocenters. The maximum atomic E-state index is 12.6. The highest BCUT2D eigenvalue weighted by Gasteiger charge is 2.29. The number of carbonyl (C=O) groups excluding carboxylic acids is 2. The van der Waals surface area contributed by atoms with Crippen molar-refractivity contribution in [3.63, 3.8) is 0 Å². The summed E-state index contributed by atoms with van der Waals surface area (Å²) in [6.45, 7) is 1.60. The van der Waals surface area contributed by atoms with Crippen LogP contribution in [0.5, 0.6) is 0 Å². The molecule has 2 aromatic carbocycles. The van der Waals surface area contributed by atoms with E-state index in [1.54, 1.807) is 4.90 Å². The van der Waals surface area contributed by atoms with E-state index in [1.165, 1.54) is 5.56 Å². The van der Waals surface area contributed by atoms with Gasteiger partial charge in [-0.05, 0) is 36.9 Å². The molecule has 0 saturated carbocycles. The van der Waals surface area contributed by atoms with Crippen LogP contribution in [-0.2, 0) is 27.4 Å². The summed E-state index contributed by atoms with van der Waals surface area (Å²) in [4.78, 5) is 26.3. The van der Waals surface area contributed by atoms with Crippen LogP contribution in [0, 0.1) is 0 Å². The lowest BCUT2D eigenvalue weighted by Crippen LogP contribution is -2.52. The zero-order valence-corrected chi connectivity index (χ0v) is 16.7. The average Bonchev–Trinajstić information content (AvgIpc) is 2.71. The molecule has 1 aliphatic rings. The van der Waals surface area contributed by atoms with Crippen LogP contribution >= 0.6 is 12.4 Å². The Labute approximate surface area is 172 Å². The predicted octanol–water partition coefficient (Wildman–Crippen LogP) is 2.97. The summed E-state index contributed by atoms with van der Waals surface area (Å²) in [6, 6.07) is 19.5. The summed E-state index contributed by atoms with van der Waals surface area (Å²) >= 11 is 0. The first-order valence-corrected chi connectivity index (χ1v) is 9.48. The van der Waals surface area contributed by atoms with Gasteiger partial charge in [0.25, 0.3) is 0 Å². The zero-order valence-electron chi connectivity index (χ0n) is 15.9. The van der Waals surface area contributed by atoms with Gasteiger partial charge in [-0.1, -0.05) is 60.7 Å². The highest BCUT2D eigenvalue weighted by Crippen LogP contribution is 2.12. The van der Waals surface area contributed by atoms with E-state index >= 15 is 0 Å². The minimum Gasteiger partial charge on any atom is -0.459 e. The molecule has 5 nitrogen and oxygen atoms in total. The first-order chi connectivity index (χ1) is 13.2. The Morgan fingerprint density at radius 2 is 1.68 bits per heavy atom. The summed E-state index contributed by atoms with van der Waals surface area (Å²) in [5.41, 5.74) is 2.19. The van der Waals surface area contributed by atoms with Crippen molar-refractivity contribution in [2.24, 2.45) is 0 Å². The second kappa shape index (κ2) is 11.5. The minimum absolute atomic E-state index is 0. The molecule has 1 N–H and O–H groups in total. The molecule has 0 radical (unpaired) electrons. The quantitative estimate of drug-likeness (QED) is 0.689. The first-order valence-electron chi connectivity index (χ1n) is 9.48. The maximum absolute atomic E-state index is 12.6. The van der Waals surface area contributed by atoms with E-state index in [2.05, 4.69) is 17.4 Å². The topological polar surface area (TPSA) is 58.6 Å². The fourth-order valence-corrected chi connectivity index (χ4v) is 3.26. The third-order valence-electron chi connectivity index (χ3n) is 4.74. The highest BCUT2D eigenvalue weighted by atomic mass is 35.5. The number of nitrogens with zero attached hydrogens (tertiary/aromatic N) is 1. The number of benzene rings is 2. The van der Waals surface area contributed by atoms with Crippen molar-refractivity contribution in [2.75, 3.05) is 19.6 Å². The van der Waals surface area contributed by atoms with Crippen molar-refractivity contribution in [1.82, 2.24) is 10.2 Å². The number of esters is 1. The van der Waals surface area contributed by atoms with Crippen molar-refractivity contribution >= 4 is 24.3 Å². The van der Waals surface area contributed by atoms with E-state index in [-0.39, 0.29) is 43.5 Å². The van der Waals surface area contributed by atoms with Gasteiger partial charge in [-0.25, -0.2) is 0 Å². The van der Waals surface area contributed by atoms with E-state index < -0.39 is 0 Å². The number of nitrogens with one attached hydrogen (secondary N) is 1. The Bertz CT molecular complexity index is 740. The van der Waals surface area contributed by atoms with E-state index in [4.69, 9.17) is 4.74 Å². The summed E-state index contributed by atoms with van der Waals surface area (Å²) in [7, 11) is 0. The number of hydrogen-bond donors (Lipinski definition) is 1. The van der Waals surface area contributed by atoms with Crippen molar-refractivity contribution in [2.45, 2.75) is 31.9 Å². The van der Waals surface area contributed by atoms with Crippen LogP contribution in [0.3, 0.4) is 0 Å². The smallest absolute Gasteiger partial charge is 0.325 e. The molecule has 1 aliphatic heterocycles. The fraction of sp³-hybridized carbons (Fsp3) is 0.364. The van der Waals surface area contributed by atoms with Crippen LogP contribution in [-0.4, -0.2) is 42.5 Å². The molecule has 3 rings (SSSR count). The normalized spacial score (nSPS) is 16.4. The van der Waals surface area contributed by atoms with Gasteiger partial charge in [-0.3, -0.25) is 9.59 Å². The fourth-order valence-electron chi connectivity index (χ4n) is 3.26.